The minimum Gasteiger partial charge on any atom is -0.303 e. The molecule has 0 aromatic carbocycles. The topological polar surface area (TPSA) is 17.1 Å². The fourth-order valence-electron chi connectivity index (χ4n) is 2.98. The van der Waals surface area contributed by atoms with Gasteiger partial charge in [-0.25, -0.2) is 0 Å². The van der Waals surface area contributed by atoms with Crippen molar-refractivity contribution in [1.29, 1.82) is 0 Å². The molecule has 1 saturated carbocycles. The summed E-state index contributed by atoms with van der Waals surface area (Å²) in [4.78, 5) is 10.8. The zero-order valence-electron chi connectivity index (χ0n) is 7.62. The third-order valence-electron chi connectivity index (χ3n) is 3.52. The van der Waals surface area contributed by atoms with Gasteiger partial charge < -0.3 is 4.79 Å². The van der Waals surface area contributed by atoms with Crippen LogP contribution in [0.1, 0.15) is 32.6 Å². The van der Waals surface area contributed by atoms with Gasteiger partial charge in [0.1, 0.15) is 6.29 Å². The SMILES string of the molecule is CCCC12C=CC(CC1C=O)C2. The van der Waals surface area contributed by atoms with Crippen LogP contribution in [0.15, 0.2) is 12.2 Å². The minimum atomic E-state index is 0.279. The summed E-state index contributed by atoms with van der Waals surface area (Å²) in [7, 11) is 0. The van der Waals surface area contributed by atoms with Gasteiger partial charge >= 0.3 is 0 Å². The molecule has 0 heterocycles. The molecule has 0 aromatic rings. The molecule has 2 aliphatic carbocycles. The number of rotatable bonds is 3. The van der Waals surface area contributed by atoms with E-state index in [0.717, 1.165) is 6.42 Å². The van der Waals surface area contributed by atoms with Gasteiger partial charge in [-0.15, -0.1) is 0 Å². The molecule has 0 N–H and O–H groups in total. The minimum absolute atomic E-state index is 0.279. The first kappa shape index (κ1) is 8.03. The molecule has 1 heteroatoms. The van der Waals surface area contributed by atoms with Gasteiger partial charge in [-0.2, -0.15) is 0 Å². The summed E-state index contributed by atoms with van der Waals surface area (Å²) in [6.45, 7) is 2.20. The number of fused-ring (bicyclic) bond motifs is 2. The van der Waals surface area contributed by atoms with Crippen molar-refractivity contribution >= 4 is 6.29 Å². The van der Waals surface area contributed by atoms with Crippen molar-refractivity contribution in [1.82, 2.24) is 0 Å². The lowest BCUT2D eigenvalue weighted by Gasteiger charge is -2.28. The summed E-state index contributed by atoms with van der Waals surface area (Å²) >= 11 is 0. The second-order valence-corrected chi connectivity index (χ2v) is 4.28. The fourth-order valence-corrected chi connectivity index (χ4v) is 2.98. The Kier molecular flexibility index (Phi) is 1.82. The standard InChI is InChI=1S/C11H16O/c1-2-4-11-5-3-9(7-11)6-10(11)8-12/h3,5,8-10H,2,4,6-7H2,1H3. The van der Waals surface area contributed by atoms with Crippen LogP contribution in [0.5, 0.6) is 0 Å². The second kappa shape index (κ2) is 2.72. The Labute approximate surface area is 73.8 Å². The molecular weight excluding hydrogens is 148 g/mol. The molecule has 0 spiro atoms. The zero-order valence-corrected chi connectivity index (χ0v) is 7.62. The largest absolute Gasteiger partial charge is 0.303 e. The van der Waals surface area contributed by atoms with Gasteiger partial charge in [0.15, 0.2) is 0 Å². The van der Waals surface area contributed by atoms with Gasteiger partial charge in [0, 0.05) is 5.92 Å². The molecule has 12 heavy (non-hydrogen) atoms. The molecule has 3 unspecified atom stereocenters. The van der Waals surface area contributed by atoms with Crippen molar-refractivity contribution in [3.63, 3.8) is 0 Å². The molecule has 2 rings (SSSR count). The van der Waals surface area contributed by atoms with Crippen molar-refractivity contribution in [3.05, 3.63) is 12.2 Å². The summed E-state index contributed by atoms with van der Waals surface area (Å²) in [6, 6.07) is 0. The highest BCUT2D eigenvalue weighted by Crippen LogP contribution is 2.54. The average molecular weight is 164 g/mol. The highest BCUT2D eigenvalue weighted by Gasteiger charge is 2.47. The molecule has 2 bridgehead atoms. The van der Waals surface area contributed by atoms with Crippen LogP contribution < -0.4 is 0 Å². The Morgan fingerprint density at radius 1 is 1.67 bits per heavy atom. The van der Waals surface area contributed by atoms with E-state index in [9.17, 15) is 4.79 Å². The lowest BCUT2D eigenvalue weighted by Crippen LogP contribution is -2.23. The average Bonchev–Trinajstić information content (AvgIpc) is 2.60. The maximum absolute atomic E-state index is 10.8. The molecule has 1 nitrogen and oxygen atoms in total. The highest BCUT2D eigenvalue weighted by atomic mass is 16.1. The third-order valence-corrected chi connectivity index (χ3v) is 3.52. The zero-order chi connectivity index (χ0) is 8.60. The molecule has 3 atom stereocenters. The summed E-state index contributed by atoms with van der Waals surface area (Å²) in [5.41, 5.74) is 0.279. The number of allylic oxidation sites excluding steroid dienone is 2. The maximum Gasteiger partial charge on any atom is 0.123 e. The van der Waals surface area contributed by atoms with Crippen LogP contribution in [0.3, 0.4) is 0 Å². The van der Waals surface area contributed by atoms with E-state index in [4.69, 9.17) is 0 Å². The van der Waals surface area contributed by atoms with Crippen LogP contribution in [-0.2, 0) is 4.79 Å². The molecule has 0 radical (unpaired) electrons. The smallest absolute Gasteiger partial charge is 0.123 e. The Morgan fingerprint density at radius 2 is 2.50 bits per heavy atom. The Balaban J connectivity index is 2.20. The van der Waals surface area contributed by atoms with Gasteiger partial charge in [-0.1, -0.05) is 25.5 Å². The number of carbonyl (C=O) groups excluding carboxylic acids is 1. The van der Waals surface area contributed by atoms with E-state index in [-0.39, 0.29) is 5.41 Å². The summed E-state index contributed by atoms with van der Waals surface area (Å²) in [5.74, 6) is 1.04. The third kappa shape index (κ3) is 0.954. The summed E-state index contributed by atoms with van der Waals surface area (Å²) in [6.07, 6.45) is 10.5. The van der Waals surface area contributed by atoms with E-state index in [1.54, 1.807) is 0 Å². The van der Waals surface area contributed by atoms with Gasteiger partial charge in [0.2, 0.25) is 0 Å². The van der Waals surface area contributed by atoms with Crippen LogP contribution in [0.25, 0.3) is 0 Å². The molecule has 2 aliphatic rings. The first-order valence-electron chi connectivity index (χ1n) is 4.95. The van der Waals surface area contributed by atoms with Gasteiger partial charge in [-0.05, 0) is 30.6 Å². The van der Waals surface area contributed by atoms with Crippen LogP contribution in [0.2, 0.25) is 0 Å². The quantitative estimate of drug-likeness (QED) is 0.463. The Bertz CT molecular complexity index is 219. The molecule has 0 saturated heterocycles. The fraction of sp³-hybridized carbons (Fsp3) is 0.727. The summed E-state index contributed by atoms with van der Waals surface area (Å²) in [5, 5.41) is 0. The van der Waals surface area contributed by atoms with Crippen molar-refractivity contribution < 1.29 is 4.79 Å². The lowest BCUT2D eigenvalue weighted by atomic mass is 9.75. The normalized spacial score (nSPS) is 43.8. The first-order chi connectivity index (χ1) is 5.80. The van der Waals surface area contributed by atoms with Crippen LogP contribution in [-0.4, -0.2) is 6.29 Å². The lowest BCUT2D eigenvalue weighted by molar-refractivity contribution is -0.113. The van der Waals surface area contributed by atoms with Gasteiger partial charge in [0.05, 0.1) is 0 Å². The molecule has 1 fully saturated rings. The van der Waals surface area contributed by atoms with E-state index in [2.05, 4.69) is 19.1 Å². The predicted octanol–water partition coefficient (Wildman–Crippen LogP) is 2.57. The van der Waals surface area contributed by atoms with E-state index in [0.29, 0.717) is 11.8 Å². The number of aldehydes is 1. The van der Waals surface area contributed by atoms with E-state index in [1.807, 2.05) is 0 Å². The van der Waals surface area contributed by atoms with Crippen molar-refractivity contribution in [3.8, 4) is 0 Å². The van der Waals surface area contributed by atoms with E-state index in [1.165, 1.54) is 25.5 Å². The molecule has 0 amide bonds. The van der Waals surface area contributed by atoms with E-state index < -0.39 is 0 Å². The monoisotopic (exact) mass is 164 g/mol. The van der Waals surface area contributed by atoms with Crippen LogP contribution in [0.4, 0.5) is 0 Å². The highest BCUT2D eigenvalue weighted by molar-refractivity contribution is 5.58. The van der Waals surface area contributed by atoms with Gasteiger partial charge in [-0.3, -0.25) is 0 Å². The van der Waals surface area contributed by atoms with Crippen molar-refractivity contribution in [2.75, 3.05) is 0 Å². The van der Waals surface area contributed by atoms with Crippen LogP contribution >= 0.6 is 0 Å². The first-order valence-corrected chi connectivity index (χ1v) is 4.95. The molecule has 0 aliphatic heterocycles. The maximum atomic E-state index is 10.8. The second-order valence-electron chi connectivity index (χ2n) is 4.28. The Hall–Kier alpha value is -0.590. The number of hydrogen-bond donors (Lipinski definition) is 0. The number of carbonyl (C=O) groups is 1. The van der Waals surface area contributed by atoms with E-state index >= 15 is 0 Å². The molecule has 0 aromatic heterocycles. The van der Waals surface area contributed by atoms with Crippen molar-refractivity contribution in [2.24, 2.45) is 17.3 Å². The Morgan fingerprint density at radius 3 is 3.08 bits per heavy atom. The summed E-state index contributed by atoms with van der Waals surface area (Å²) < 4.78 is 0. The van der Waals surface area contributed by atoms with Crippen molar-refractivity contribution in [2.45, 2.75) is 32.6 Å². The number of hydrogen-bond acceptors (Lipinski definition) is 1. The van der Waals surface area contributed by atoms with Gasteiger partial charge in [0.25, 0.3) is 0 Å². The molecular formula is C11H16O. The molecule has 66 valence electrons. The van der Waals surface area contributed by atoms with Crippen LogP contribution in [0, 0.1) is 17.3 Å². The predicted molar refractivity (Wildman–Crippen MR) is 48.8 cm³/mol.